The molecule has 0 radical (unpaired) electrons. The molecule has 0 bridgehead atoms. The highest BCUT2D eigenvalue weighted by Gasteiger charge is 2.27. The molecule has 1 saturated heterocycles. The van der Waals surface area contributed by atoms with Crippen molar-refractivity contribution in [1.29, 1.82) is 0 Å². The second-order valence-electron chi connectivity index (χ2n) is 5.75. The summed E-state index contributed by atoms with van der Waals surface area (Å²) in [5.74, 6) is 0. The Bertz CT molecular complexity index is 386. The maximum atomic E-state index is 6.02. The lowest BCUT2D eigenvalue weighted by atomic mass is 9.90. The zero-order chi connectivity index (χ0) is 13.0. The van der Waals surface area contributed by atoms with Gasteiger partial charge in [0.05, 0.1) is 0 Å². The van der Waals surface area contributed by atoms with Crippen LogP contribution in [0.3, 0.4) is 0 Å². The van der Waals surface area contributed by atoms with E-state index in [0.717, 1.165) is 24.7 Å². The fraction of sp³-hybridized carbons (Fsp3) is 0.600. The minimum Gasteiger partial charge on any atom is -0.310 e. The van der Waals surface area contributed by atoms with Crippen LogP contribution in [0.5, 0.6) is 0 Å². The highest BCUT2D eigenvalue weighted by atomic mass is 35.5. The number of hydrogen-bond acceptors (Lipinski definition) is 2. The van der Waals surface area contributed by atoms with Gasteiger partial charge in [0.1, 0.15) is 0 Å². The molecule has 1 fully saturated rings. The number of piperidine rings is 1. The molecule has 2 rings (SSSR count). The minimum atomic E-state index is 0.269. The van der Waals surface area contributed by atoms with Crippen LogP contribution >= 0.6 is 11.6 Å². The third-order valence-electron chi connectivity index (χ3n) is 3.67. The fourth-order valence-electron chi connectivity index (χ4n) is 2.85. The molecule has 100 valence electrons. The Hall–Kier alpha value is -0.570. The van der Waals surface area contributed by atoms with Crippen molar-refractivity contribution in [2.24, 2.45) is 0 Å². The quantitative estimate of drug-likeness (QED) is 0.900. The van der Waals surface area contributed by atoms with E-state index in [1.807, 2.05) is 12.1 Å². The van der Waals surface area contributed by atoms with E-state index >= 15 is 0 Å². The topological polar surface area (TPSA) is 15.3 Å². The Kier molecular flexibility index (Phi) is 4.66. The van der Waals surface area contributed by atoms with E-state index in [0.29, 0.717) is 0 Å². The summed E-state index contributed by atoms with van der Waals surface area (Å²) in [5, 5.41) is 4.48. The summed E-state index contributed by atoms with van der Waals surface area (Å²) >= 11 is 6.02. The third-order valence-corrected chi connectivity index (χ3v) is 3.90. The first kappa shape index (κ1) is 13.9. The normalized spacial score (nSPS) is 24.4. The second kappa shape index (κ2) is 6.05. The van der Waals surface area contributed by atoms with Gasteiger partial charge in [-0.2, -0.15) is 0 Å². The Morgan fingerprint density at radius 1 is 1.39 bits per heavy atom. The molecule has 0 amide bonds. The van der Waals surface area contributed by atoms with Crippen molar-refractivity contribution in [3.8, 4) is 0 Å². The summed E-state index contributed by atoms with van der Waals surface area (Å²) in [5.41, 5.74) is 1.55. The maximum absolute atomic E-state index is 6.02. The van der Waals surface area contributed by atoms with E-state index in [4.69, 9.17) is 11.6 Å². The molecule has 1 N–H and O–H groups in total. The maximum Gasteiger partial charge on any atom is 0.0409 e. The molecule has 0 aliphatic carbocycles. The highest BCUT2D eigenvalue weighted by molar-refractivity contribution is 6.30. The Morgan fingerprint density at radius 2 is 2.22 bits per heavy atom. The van der Waals surface area contributed by atoms with Crippen molar-refractivity contribution in [3.63, 3.8) is 0 Å². The molecule has 1 aliphatic heterocycles. The summed E-state index contributed by atoms with van der Waals surface area (Å²) in [7, 11) is 2.18. The molecule has 1 heterocycles. The number of halogens is 1. The van der Waals surface area contributed by atoms with Crippen molar-refractivity contribution in [2.75, 3.05) is 20.1 Å². The monoisotopic (exact) mass is 266 g/mol. The summed E-state index contributed by atoms with van der Waals surface area (Å²) in [4.78, 5) is 2.38. The van der Waals surface area contributed by atoms with Gasteiger partial charge in [0.15, 0.2) is 0 Å². The first-order valence-electron chi connectivity index (χ1n) is 6.75. The third kappa shape index (κ3) is 3.98. The van der Waals surface area contributed by atoms with Crippen molar-refractivity contribution < 1.29 is 0 Å². The smallest absolute Gasteiger partial charge is 0.0409 e. The van der Waals surface area contributed by atoms with Crippen LogP contribution in [0.2, 0.25) is 5.02 Å². The number of nitrogens with one attached hydrogen (secondary N) is 1. The zero-order valence-corrected chi connectivity index (χ0v) is 12.1. The van der Waals surface area contributed by atoms with Gasteiger partial charge in [0.2, 0.25) is 0 Å². The van der Waals surface area contributed by atoms with Gasteiger partial charge in [-0.15, -0.1) is 0 Å². The van der Waals surface area contributed by atoms with E-state index in [-0.39, 0.29) is 5.54 Å². The van der Waals surface area contributed by atoms with Crippen LogP contribution in [0.25, 0.3) is 0 Å². The summed E-state index contributed by atoms with van der Waals surface area (Å²) in [6.45, 7) is 5.53. The van der Waals surface area contributed by atoms with Gasteiger partial charge in [-0.1, -0.05) is 30.2 Å². The summed E-state index contributed by atoms with van der Waals surface area (Å²) in [6, 6.07) is 8.13. The van der Waals surface area contributed by atoms with Gasteiger partial charge in [-0.3, -0.25) is 0 Å². The van der Waals surface area contributed by atoms with Gasteiger partial charge < -0.3 is 10.2 Å². The first-order valence-corrected chi connectivity index (χ1v) is 7.13. The average molecular weight is 267 g/mol. The standard InChI is InChI=1S/C15H23ClN2/c1-15(8-3-4-9-17-15)12-18(2)11-13-6-5-7-14(16)10-13/h5-7,10,17H,3-4,8-9,11-12H2,1-2H3. The predicted octanol–water partition coefficient (Wildman–Crippen LogP) is 3.30. The Morgan fingerprint density at radius 3 is 2.89 bits per heavy atom. The lowest BCUT2D eigenvalue weighted by molar-refractivity contribution is 0.183. The van der Waals surface area contributed by atoms with Crippen molar-refractivity contribution in [3.05, 3.63) is 34.9 Å². The molecule has 1 aromatic rings. The van der Waals surface area contributed by atoms with Crippen LogP contribution < -0.4 is 5.32 Å². The van der Waals surface area contributed by atoms with Gasteiger partial charge in [-0.25, -0.2) is 0 Å². The van der Waals surface area contributed by atoms with Crippen molar-refractivity contribution in [1.82, 2.24) is 10.2 Å². The van der Waals surface area contributed by atoms with Crippen LogP contribution in [0, 0.1) is 0 Å². The van der Waals surface area contributed by atoms with Crippen molar-refractivity contribution >= 4 is 11.6 Å². The number of hydrogen-bond donors (Lipinski definition) is 1. The molecule has 0 spiro atoms. The average Bonchev–Trinajstić information content (AvgIpc) is 2.28. The molecule has 3 heteroatoms. The van der Waals surface area contributed by atoms with Crippen LogP contribution in [-0.4, -0.2) is 30.6 Å². The van der Waals surface area contributed by atoms with Crippen LogP contribution in [-0.2, 0) is 6.54 Å². The van der Waals surface area contributed by atoms with E-state index in [9.17, 15) is 0 Å². The molecule has 0 saturated carbocycles. The second-order valence-corrected chi connectivity index (χ2v) is 6.18. The SMILES string of the molecule is CN(Cc1cccc(Cl)c1)CC1(C)CCCCN1. The molecule has 1 aromatic carbocycles. The first-order chi connectivity index (χ1) is 8.57. The van der Waals surface area contributed by atoms with Crippen molar-refractivity contribution in [2.45, 2.75) is 38.3 Å². The number of likely N-dealkylation sites (N-methyl/N-ethyl adjacent to an activating group) is 1. The molecule has 1 unspecified atom stereocenters. The minimum absolute atomic E-state index is 0.269. The summed E-state index contributed by atoms with van der Waals surface area (Å²) in [6.07, 6.45) is 3.93. The van der Waals surface area contributed by atoms with Gasteiger partial charge >= 0.3 is 0 Å². The van der Waals surface area contributed by atoms with Gasteiger partial charge in [-0.05, 0) is 51.1 Å². The number of rotatable bonds is 4. The zero-order valence-electron chi connectivity index (χ0n) is 11.4. The van der Waals surface area contributed by atoms with E-state index in [1.54, 1.807) is 0 Å². The largest absolute Gasteiger partial charge is 0.310 e. The molecular weight excluding hydrogens is 244 g/mol. The van der Waals surface area contributed by atoms with Gasteiger partial charge in [0.25, 0.3) is 0 Å². The van der Waals surface area contributed by atoms with Crippen LogP contribution in [0.15, 0.2) is 24.3 Å². The lowest BCUT2D eigenvalue weighted by Gasteiger charge is -2.38. The van der Waals surface area contributed by atoms with Crippen LogP contribution in [0.1, 0.15) is 31.7 Å². The molecule has 1 aliphatic rings. The number of nitrogens with zero attached hydrogens (tertiary/aromatic N) is 1. The predicted molar refractivity (Wildman–Crippen MR) is 78.0 cm³/mol. The summed E-state index contributed by atoms with van der Waals surface area (Å²) < 4.78 is 0. The molecule has 2 nitrogen and oxygen atoms in total. The molecule has 0 aromatic heterocycles. The van der Waals surface area contributed by atoms with E-state index < -0.39 is 0 Å². The van der Waals surface area contributed by atoms with Gasteiger partial charge in [0, 0.05) is 23.7 Å². The Labute approximate surface area is 115 Å². The lowest BCUT2D eigenvalue weighted by Crippen LogP contribution is -2.52. The fourth-order valence-corrected chi connectivity index (χ4v) is 3.07. The number of benzene rings is 1. The molecule has 1 atom stereocenters. The van der Waals surface area contributed by atoms with E-state index in [2.05, 4.69) is 36.3 Å². The Balaban J connectivity index is 1.90. The van der Waals surface area contributed by atoms with Crippen LogP contribution in [0.4, 0.5) is 0 Å². The van der Waals surface area contributed by atoms with E-state index in [1.165, 1.54) is 24.8 Å². The molecular formula is C15H23ClN2. The highest BCUT2D eigenvalue weighted by Crippen LogP contribution is 2.20. The molecule has 18 heavy (non-hydrogen) atoms.